The van der Waals surface area contributed by atoms with Crippen LogP contribution in [0.25, 0.3) is 0 Å². The quantitative estimate of drug-likeness (QED) is 0.824. The van der Waals surface area contributed by atoms with Crippen LogP contribution >= 0.6 is 0 Å². The lowest BCUT2D eigenvalue weighted by Gasteiger charge is -2.37. The summed E-state index contributed by atoms with van der Waals surface area (Å²) in [7, 11) is 4.14. The molecule has 1 heterocycles. The Morgan fingerprint density at radius 3 is 2.37 bits per heavy atom. The van der Waals surface area contributed by atoms with Crippen molar-refractivity contribution in [3.8, 4) is 0 Å². The molecule has 110 valence electrons. The third kappa shape index (κ3) is 3.80. The number of rotatable bonds is 7. The first-order chi connectivity index (χ1) is 8.82. The zero-order chi connectivity index (χ0) is 14.6. The van der Waals surface area contributed by atoms with E-state index in [9.17, 15) is 0 Å². The van der Waals surface area contributed by atoms with Crippen LogP contribution in [0.15, 0.2) is 12.3 Å². The Morgan fingerprint density at radius 1 is 1.32 bits per heavy atom. The van der Waals surface area contributed by atoms with Gasteiger partial charge >= 0.3 is 0 Å². The van der Waals surface area contributed by atoms with Crippen molar-refractivity contribution in [2.24, 2.45) is 5.73 Å². The SMILES string of the molecule is CCC(CC)n1ccc(CC(N)C(C)(C)N(C)C)n1. The molecule has 0 bridgehead atoms. The second-order valence-electron chi connectivity index (χ2n) is 6.12. The van der Waals surface area contributed by atoms with Gasteiger partial charge in [-0.3, -0.25) is 4.68 Å². The van der Waals surface area contributed by atoms with Crippen molar-refractivity contribution in [1.82, 2.24) is 14.7 Å². The van der Waals surface area contributed by atoms with E-state index in [1.807, 2.05) is 0 Å². The minimum absolute atomic E-state index is 0.0291. The molecule has 0 amide bonds. The van der Waals surface area contributed by atoms with Gasteiger partial charge in [0.15, 0.2) is 0 Å². The summed E-state index contributed by atoms with van der Waals surface area (Å²) in [5.41, 5.74) is 7.41. The van der Waals surface area contributed by atoms with E-state index in [2.05, 4.69) is 68.7 Å². The largest absolute Gasteiger partial charge is 0.326 e. The minimum Gasteiger partial charge on any atom is -0.326 e. The molecule has 4 nitrogen and oxygen atoms in total. The van der Waals surface area contributed by atoms with Crippen molar-refractivity contribution in [2.45, 2.75) is 64.6 Å². The van der Waals surface area contributed by atoms with Crippen LogP contribution in [-0.4, -0.2) is 40.4 Å². The molecular weight excluding hydrogens is 236 g/mol. The molecule has 1 unspecified atom stereocenters. The second-order valence-corrected chi connectivity index (χ2v) is 6.12. The highest BCUT2D eigenvalue weighted by Crippen LogP contribution is 2.19. The van der Waals surface area contributed by atoms with Crippen LogP contribution in [0.4, 0.5) is 0 Å². The standard InChI is InChI=1S/C15H30N4/c1-7-13(8-2)19-10-9-12(17-19)11-14(16)15(3,4)18(5)6/h9-10,13-14H,7-8,11,16H2,1-6H3. The van der Waals surface area contributed by atoms with Gasteiger partial charge in [0.1, 0.15) is 0 Å². The summed E-state index contributed by atoms with van der Waals surface area (Å²) < 4.78 is 2.09. The van der Waals surface area contributed by atoms with Crippen LogP contribution in [0, 0.1) is 0 Å². The van der Waals surface area contributed by atoms with E-state index in [0.717, 1.165) is 25.0 Å². The average Bonchev–Trinajstić information content (AvgIpc) is 2.79. The fraction of sp³-hybridized carbons (Fsp3) is 0.800. The summed E-state index contributed by atoms with van der Waals surface area (Å²) in [5, 5.41) is 4.68. The van der Waals surface area contributed by atoms with Crippen LogP contribution < -0.4 is 5.73 Å². The van der Waals surface area contributed by atoms with Crippen molar-refractivity contribution in [3.05, 3.63) is 18.0 Å². The number of nitrogens with zero attached hydrogens (tertiary/aromatic N) is 3. The molecule has 1 rings (SSSR count). The molecular formula is C15H30N4. The topological polar surface area (TPSA) is 47.1 Å². The zero-order valence-electron chi connectivity index (χ0n) is 13.3. The molecule has 4 heteroatoms. The Hall–Kier alpha value is -0.870. The summed E-state index contributed by atoms with van der Waals surface area (Å²) in [6.45, 7) is 8.76. The average molecular weight is 266 g/mol. The van der Waals surface area contributed by atoms with Crippen molar-refractivity contribution in [2.75, 3.05) is 14.1 Å². The molecule has 0 aliphatic carbocycles. The van der Waals surface area contributed by atoms with Crippen LogP contribution in [-0.2, 0) is 6.42 Å². The van der Waals surface area contributed by atoms with Gasteiger partial charge in [0.2, 0.25) is 0 Å². The smallest absolute Gasteiger partial charge is 0.0640 e. The maximum atomic E-state index is 6.34. The lowest BCUT2D eigenvalue weighted by atomic mass is 9.90. The molecule has 0 spiro atoms. The molecule has 1 aromatic heterocycles. The van der Waals surface area contributed by atoms with Crippen LogP contribution in [0.2, 0.25) is 0 Å². The summed E-state index contributed by atoms with van der Waals surface area (Å²) in [5.74, 6) is 0. The first kappa shape index (κ1) is 16.2. The molecule has 0 fully saturated rings. The third-order valence-electron chi connectivity index (χ3n) is 4.47. The maximum absolute atomic E-state index is 6.34. The van der Waals surface area contributed by atoms with Gasteiger partial charge in [0.25, 0.3) is 0 Å². The molecule has 0 saturated heterocycles. The predicted octanol–water partition coefficient (Wildman–Crippen LogP) is 2.45. The molecule has 0 radical (unpaired) electrons. The summed E-state index contributed by atoms with van der Waals surface area (Å²) in [6.07, 6.45) is 5.14. The number of hydrogen-bond donors (Lipinski definition) is 1. The third-order valence-corrected chi connectivity index (χ3v) is 4.47. The molecule has 19 heavy (non-hydrogen) atoms. The first-order valence-corrected chi connectivity index (χ1v) is 7.29. The van der Waals surface area contributed by atoms with E-state index in [4.69, 9.17) is 5.73 Å². The first-order valence-electron chi connectivity index (χ1n) is 7.29. The maximum Gasteiger partial charge on any atom is 0.0640 e. The van der Waals surface area contributed by atoms with Gasteiger partial charge in [-0.1, -0.05) is 13.8 Å². The summed E-state index contributed by atoms with van der Waals surface area (Å²) in [4.78, 5) is 2.18. The monoisotopic (exact) mass is 266 g/mol. The number of nitrogens with two attached hydrogens (primary N) is 1. The Labute approximate surface area is 118 Å². The van der Waals surface area contributed by atoms with Gasteiger partial charge < -0.3 is 10.6 Å². The van der Waals surface area contributed by atoms with E-state index in [1.54, 1.807) is 0 Å². The fourth-order valence-corrected chi connectivity index (χ4v) is 2.16. The second kappa shape index (κ2) is 6.53. The van der Waals surface area contributed by atoms with E-state index >= 15 is 0 Å². The zero-order valence-corrected chi connectivity index (χ0v) is 13.3. The molecule has 0 saturated carbocycles. The van der Waals surface area contributed by atoms with Crippen molar-refractivity contribution < 1.29 is 0 Å². The summed E-state index contributed by atoms with van der Waals surface area (Å²) in [6, 6.07) is 2.68. The van der Waals surface area contributed by atoms with Gasteiger partial charge in [-0.05, 0) is 46.9 Å². The van der Waals surface area contributed by atoms with Crippen LogP contribution in [0.5, 0.6) is 0 Å². The van der Waals surface area contributed by atoms with Gasteiger partial charge in [-0.2, -0.15) is 5.10 Å². The Kier molecular flexibility index (Phi) is 5.56. The summed E-state index contributed by atoms with van der Waals surface area (Å²) >= 11 is 0. The molecule has 0 aliphatic heterocycles. The van der Waals surface area contributed by atoms with Crippen LogP contribution in [0.1, 0.15) is 52.3 Å². The van der Waals surface area contributed by atoms with Gasteiger partial charge in [-0.25, -0.2) is 0 Å². The number of hydrogen-bond acceptors (Lipinski definition) is 3. The van der Waals surface area contributed by atoms with E-state index in [-0.39, 0.29) is 11.6 Å². The highest BCUT2D eigenvalue weighted by Gasteiger charge is 2.29. The fourth-order valence-electron chi connectivity index (χ4n) is 2.16. The molecule has 1 aromatic rings. The van der Waals surface area contributed by atoms with Crippen molar-refractivity contribution >= 4 is 0 Å². The normalized spacial score (nSPS) is 14.4. The molecule has 1 atom stereocenters. The van der Waals surface area contributed by atoms with Gasteiger partial charge in [0.05, 0.1) is 11.7 Å². The van der Waals surface area contributed by atoms with Crippen LogP contribution in [0.3, 0.4) is 0 Å². The van der Waals surface area contributed by atoms with Gasteiger partial charge in [0, 0.05) is 24.2 Å². The van der Waals surface area contributed by atoms with E-state index in [0.29, 0.717) is 6.04 Å². The minimum atomic E-state index is -0.0291. The van der Waals surface area contributed by atoms with Gasteiger partial charge in [-0.15, -0.1) is 0 Å². The Bertz CT molecular complexity index is 377. The molecule has 0 aromatic carbocycles. The number of aromatic nitrogens is 2. The lowest BCUT2D eigenvalue weighted by molar-refractivity contribution is 0.157. The predicted molar refractivity (Wildman–Crippen MR) is 81.3 cm³/mol. The van der Waals surface area contributed by atoms with E-state index in [1.165, 1.54) is 0 Å². The highest BCUT2D eigenvalue weighted by atomic mass is 15.3. The lowest BCUT2D eigenvalue weighted by Crippen LogP contribution is -2.54. The Morgan fingerprint density at radius 2 is 1.89 bits per heavy atom. The van der Waals surface area contributed by atoms with Crippen molar-refractivity contribution in [1.29, 1.82) is 0 Å². The number of likely N-dealkylation sites (N-methyl/N-ethyl adjacent to an activating group) is 1. The van der Waals surface area contributed by atoms with E-state index < -0.39 is 0 Å². The highest BCUT2D eigenvalue weighted by molar-refractivity contribution is 5.05. The Balaban J connectivity index is 2.73. The molecule has 0 aliphatic rings. The molecule has 2 N–H and O–H groups in total. The van der Waals surface area contributed by atoms with Crippen molar-refractivity contribution in [3.63, 3.8) is 0 Å².